The Morgan fingerprint density at radius 1 is 0.944 bits per heavy atom. The highest BCUT2D eigenvalue weighted by molar-refractivity contribution is 5.99. The lowest BCUT2D eigenvalue weighted by atomic mass is 9.89. The highest BCUT2D eigenvalue weighted by atomic mass is 16.2. The second-order valence-electron chi connectivity index (χ2n) is 10.6. The molecule has 0 saturated carbocycles. The van der Waals surface area contributed by atoms with Crippen molar-refractivity contribution in [2.75, 3.05) is 39.3 Å². The van der Waals surface area contributed by atoms with Gasteiger partial charge in [-0.25, -0.2) is 0 Å². The van der Waals surface area contributed by atoms with E-state index in [1.807, 2.05) is 4.57 Å². The Bertz CT molecular complexity index is 1080. The average molecular weight is 493 g/mol. The highest BCUT2D eigenvalue weighted by Gasteiger charge is 2.25. The van der Waals surface area contributed by atoms with Gasteiger partial charge >= 0.3 is 0 Å². The van der Waals surface area contributed by atoms with Crippen LogP contribution >= 0.6 is 0 Å². The quantitative estimate of drug-likeness (QED) is 0.609. The number of piperidine rings is 2. The summed E-state index contributed by atoms with van der Waals surface area (Å²) in [7, 11) is 0. The molecule has 0 bridgehead atoms. The molecule has 4 rings (SSSR count). The smallest absolute Gasteiger partial charge is 0.259 e. The number of nitrogens with one attached hydrogen (secondary N) is 1. The van der Waals surface area contributed by atoms with Crippen molar-refractivity contribution in [3.63, 3.8) is 0 Å². The number of benzene rings is 1. The maximum Gasteiger partial charge on any atom is 0.259 e. The van der Waals surface area contributed by atoms with Gasteiger partial charge in [0, 0.05) is 45.1 Å². The average Bonchev–Trinajstić information content (AvgIpc) is 2.90. The van der Waals surface area contributed by atoms with Gasteiger partial charge in [0.25, 0.3) is 11.8 Å². The van der Waals surface area contributed by atoms with E-state index in [1.54, 1.807) is 17.3 Å². The molecule has 1 aromatic heterocycles. The Labute approximate surface area is 214 Å². The molecule has 0 radical (unpaired) electrons. The number of amides is 2. The van der Waals surface area contributed by atoms with Crippen molar-refractivity contribution >= 4 is 11.8 Å². The number of nitrogens with zero attached hydrogens (tertiary/aromatic N) is 3. The first-order valence-electron chi connectivity index (χ1n) is 13.5. The fourth-order valence-corrected chi connectivity index (χ4v) is 5.38. The Morgan fingerprint density at radius 3 is 2.28 bits per heavy atom. The van der Waals surface area contributed by atoms with Crippen LogP contribution in [0.1, 0.15) is 78.1 Å². The van der Waals surface area contributed by atoms with Crippen LogP contribution in [0.15, 0.2) is 47.5 Å². The molecule has 2 fully saturated rings. The highest BCUT2D eigenvalue weighted by Crippen LogP contribution is 2.27. The molecule has 2 aromatic rings. The Morgan fingerprint density at radius 2 is 1.61 bits per heavy atom. The summed E-state index contributed by atoms with van der Waals surface area (Å²) in [5.74, 6) is 0.259. The molecule has 1 N–H and O–H groups in total. The van der Waals surface area contributed by atoms with E-state index in [1.165, 1.54) is 5.56 Å². The van der Waals surface area contributed by atoms with Gasteiger partial charge in [0.2, 0.25) is 5.43 Å². The summed E-state index contributed by atoms with van der Waals surface area (Å²) < 4.78 is 1.83. The largest absolute Gasteiger partial charge is 0.352 e. The minimum absolute atomic E-state index is 0.0568. The molecule has 7 heteroatoms. The van der Waals surface area contributed by atoms with Crippen molar-refractivity contribution in [3.05, 3.63) is 69.6 Å². The van der Waals surface area contributed by atoms with Gasteiger partial charge in [0.05, 0.1) is 0 Å². The van der Waals surface area contributed by atoms with Crippen LogP contribution < -0.4 is 10.7 Å². The molecule has 3 heterocycles. The van der Waals surface area contributed by atoms with Gasteiger partial charge in [-0.05, 0) is 62.6 Å². The number of hydrogen-bond donors (Lipinski definition) is 1. The first-order chi connectivity index (χ1) is 17.4. The summed E-state index contributed by atoms with van der Waals surface area (Å²) in [6.07, 6.45) is 8.47. The number of aromatic nitrogens is 1. The minimum Gasteiger partial charge on any atom is -0.352 e. The van der Waals surface area contributed by atoms with Crippen LogP contribution in [0.4, 0.5) is 0 Å². The molecular weight excluding hydrogens is 452 g/mol. The van der Waals surface area contributed by atoms with Crippen LogP contribution in [0.2, 0.25) is 0 Å². The molecule has 194 valence electrons. The molecular formula is C29H40N4O3. The Balaban J connectivity index is 1.38. The van der Waals surface area contributed by atoms with Gasteiger partial charge in [-0.15, -0.1) is 0 Å². The Kier molecular flexibility index (Phi) is 8.97. The monoisotopic (exact) mass is 492 g/mol. The topological polar surface area (TPSA) is 74.6 Å². The van der Waals surface area contributed by atoms with Crippen molar-refractivity contribution in [1.82, 2.24) is 19.7 Å². The predicted molar refractivity (Wildman–Crippen MR) is 142 cm³/mol. The molecule has 36 heavy (non-hydrogen) atoms. The van der Waals surface area contributed by atoms with Crippen LogP contribution in [-0.4, -0.2) is 65.4 Å². The maximum absolute atomic E-state index is 13.2. The maximum atomic E-state index is 13.2. The molecule has 1 aromatic carbocycles. The summed E-state index contributed by atoms with van der Waals surface area (Å²) in [5.41, 5.74) is 1.10. The number of pyridine rings is 1. The van der Waals surface area contributed by atoms with E-state index >= 15 is 0 Å². The number of carbonyl (C=O) groups is 2. The third kappa shape index (κ3) is 6.64. The third-order valence-electron chi connectivity index (χ3n) is 7.35. The van der Waals surface area contributed by atoms with E-state index in [0.717, 1.165) is 51.7 Å². The summed E-state index contributed by atoms with van der Waals surface area (Å²) in [6.45, 7) is 9.34. The summed E-state index contributed by atoms with van der Waals surface area (Å²) >= 11 is 0. The van der Waals surface area contributed by atoms with Gasteiger partial charge in [-0.1, -0.05) is 44.2 Å². The van der Waals surface area contributed by atoms with E-state index in [-0.39, 0.29) is 17.0 Å². The Hall–Kier alpha value is -2.93. The summed E-state index contributed by atoms with van der Waals surface area (Å²) in [6, 6.07) is 10.7. The van der Waals surface area contributed by atoms with Gasteiger partial charge in [-0.2, -0.15) is 0 Å². The molecule has 0 atom stereocenters. The summed E-state index contributed by atoms with van der Waals surface area (Å²) in [4.78, 5) is 43.6. The lowest BCUT2D eigenvalue weighted by Gasteiger charge is -2.32. The van der Waals surface area contributed by atoms with Crippen LogP contribution in [-0.2, 0) is 6.54 Å². The second kappa shape index (κ2) is 12.3. The standard InChI is InChI=1S/C29H40N4O3/c1-22(2)19-32-20-25(27(34)26(21-32)29(36)33-14-7-4-8-15-33)28(35)30-13-18-31-16-11-24(12-17-31)23-9-5-3-6-10-23/h3,5-6,9-10,20-22,24H,4,7-8,11-19H2,1-2H3,(H,30,35). The van der Waals surface area contributed by atoms with Crippen molar-refractivity contribution in [3.8, 4) is 0 Å². The van der Waals surface area contributed by atoms with E-state index in [0.29, 0.717) is 38.0 Å². The third-order valence-corrected chi connectivity index (χ3v) is 7.35. The number of hydrogen-bond acceptors (Lipinski definition) is 4. The zero-order chi connectivity index (χ0) is 25.5. The van der Waals surface area contributed by atoms with Crippen LogP contribution in [0.3, 0.4) is 0 Å². The molecule has 7 nitrogen and oxygen atoms in total. The van der Waals surface area contributed by atoms with Crippen LogP contribution in [0.25, 0.3) is 0 Å². The summed E-state index contributed by atoms with van der Waals surface area (Å²) in [5, 5.41) is 2.94. The van der Waals surface area contributed by atoms with Gasteiger partial charge in [0.15, 0.2) is 0 Å². The lowest BCUT2D eigenvalue weighted by Crippen LogP contribution is -2.42. The normalized spacial score (nSPS) is 17.4. The van der Waals surface area contributed by atoms with Gasteiger partial charge in [-0.3, -0.25) is 14.4 Å². The lowest BCUT2D eigenvalue weighted by molar-refractivity contribution is 0.0722. The van der Waals surface area contributed by atoms with E-state index < -0.39 is 11.3 Å². The zero-order valence-corrected chi connectivity index (χ0v) is 21.7. The molecule has 0 spiro atoms. The number of likely N-dealkylation sites (tertiary alicyclic amines) is 2. The van der Waals surface area contributed by atoms with Crippen molar-refractivity contribution < 1.29 is 9.59 Å². The predicted octanol–water partition coefficient (Wildman–Crippen LogP) is 3.74. The fraction of sp³-hybridized carbons (Fsp3) is 0.552. The number of carbonyl (C=O) groups excluding carboxylic acids is 2. The molecule has 2 aliphatic rings. The van der Waals surface area contributed by atoms with Crippen molar-refractivity contribution in [2.24, 2.45) is 5.92 Å². The minimum atomic E-state index is -0.466. The van der Waals surface area contributed by atoms with E-state index in [9.17, 15) is 14.4 Å². The molecule has 2 saturated heterocycles. The van der Waals surface area contributed by atoms with Gasteiger partial charge in [0.1, 0.15) is 11.1 Å². The van der Waals surface area contributed by atoms with Crippen molar-refractivity contribution in [1.29, 1.82) is 0 Å². The van der Waals surface area contributed by atoms with E-state index in [4.69, 9.17) is 0 Å². The molecule has 2 aliphatic heterocycles. The first kappa shape index (κ1) is 26.1. The molecule has 0 unspecified atom stereocenters. The SMILES string of the molecule is CC(C)Cn1cc(C(=O)NCCN2CCC(c3ccccc3)CC2)c(=O)c(C(=O)N2CCCCC2)c1. The first-order valence-corrected chi connectivity index (χ1v) is 13.5. The second-order valence-corrected chi connectivity index (χ2v) is 10.6. The fourth-order valence-electron chi connectivity index (χ4n) is 5.38. The van der Waals surface area contributed by atoms with Crippen LogP contribution in [0, 0.1) is 5.92 Å². The van der Waals surface area contributed by atoms with E-state index in [2.05, 4.69) is 54.4 Å². The molecule has 0 aliphatic carbocycles. The van der Waals surface area contributed by atoms with Crippen molar-refractivity contribution in [2.45, 2.75) is 58.4 Å². The molecule has 2 amide bonds. The zero-order valence-electron chi connectivity index (χ0n) is 21.7. The van der Waals surface area contributed by atoms with Crippen LogP contribution in [0.5, 0.6) is 0 Å². The number of rotatable bonds is 8. The van der Waals surface area contributed by atoms with Gasteiger partial charge < -0.3 is 19.7 Å².